The predicted molar refractivity (Wildman–Crippen MR) is 88.8 cm³/mol. The average molecular weight is 316 g/mol. The van der Waals surface area contributed by atoms with Crippen molar-refractivity contribution >= 4 is 17.5 Å². The minimum atomic E-state index is -0.450. The first-order chi connectivity index (χ1) is 11.1. The smallest absolute Gasteiger partial charge is 0.322 e. The highest BCUT2D eigenvalue weighted by atomic mass is 16.3. The average Bonchev–Trinajstić information content (AvgIpc) is 3.00. The molecule has 1 aromatic carbocycles. The lowest BCUT2D eigenvalue weighted by molar-refractivity contribution is 0.0867. The fraction of sp³-hybridized carbons (Fsp3) is 0.556. The number of ketones is 1. The van der Waals surface area contributed by atoms with E-state index in [2.05, 4.69) is 5.32 Å². The largest absolute Gasteiger partial charge is 0.394 e. The van der Waals surface area contributed by atoms with Crippen LogP contribution in [0.15, 0.2) is 18.2 Å². The molecule has 1 aliphatic carbocycles. The van der Waals surface area contributed by atoms with Gasteiger partial charge in [0.05, 0.1) is 12.1 Å². The van der Waals surface area contributed by atoms with Crippen LogP contribution in [0.2, 0.25) is 0 Å². The van der Waals surface area contributed by atoms with Crippen LogP contribution in [0.25, 0.3) is 0 Å². The van der Waals surface area contributed by atoms with E-state index in [4.69, 9.17) is 0 Å². The number of Topliss-reactive ketones (excluding diaryl/α,β-unsaturated/α-hetero) is 1. The Balaban J connectivity index is 1.78. The van der Waals surface area contributed by atoms with E-state index < -0.39 is 5.54 Å². The first-order valence-corrected chi connectivity index (χ1v) is 8.45. The molecular formula is C18H24N2O3. The van der Waals surface area contributed by atoms with Gasteiger partial charge in [-0.15, -0.1) is 0 Å². The van der Waals surface area contributed by atoms with E-state index in [-0.39, 0.29) is 18.4 Å². The van der Waals surface area contributed by atoms with Gasteiger partial charge in [-0.1, -0.05) is 13.0 Å². The van der Waals surface area contributed by atoms with Crippen LogP contribution < -0.4 is 5.32 Å². The van der Waals surface area contributed by atoms with Crippen molar-refractivity contribution in [2.24, 2.45) is 0 Å². The Morgan fingerprint density at radius 2 is 2.17 bits per heavy atom. The lowest BCUT2D eigenvalue weighted by Crippen LogP contribution is -2.51. The van der Waals surface area contributed by atoms with Crippen LogP contribution in [0.3, 0.4) is 0 Å². The Morgan fingerprint density at radius 1 is 1.35 bits per heavy atom. The zero-order valence-corrected chi connectivity index (χ0v) is 13.6. The molecule has 1 fully saturated rings. The number of hydrogen-bond donors (Lipinski definition) is 2. The molecule has 5 heteroatoms. The molecule has 0 unspecified atom stereocenters. The summed E-state index contributed by atoms with van der Waals surface area (Å²) in [6, 6.07) is 5.39. The second kappa shape index (κ2) is 6.32. The van der Waals surface area contributed by atoms with Crippen LogP contribution in [0, 0.1) is 0 Å². The molecule has 0 spiro atoms. The van der Waals surface area contributed by atoms with E-state index in [9.17, 15) is 14.7 Å². The highest BCUT2D eigenvalue weighted by Gasteiger charge is 2.41. The number of urea groups is 1. The predicted octanol–water partition coefficient (Wildman–Crippen LogP) is 2.97. The van der Waals surface area contributed by atoms with Crippen molar-refractivity contribution in [2.75, 3.05) is 18.5 Å². The van der Waals surface area contributed by atoms with Crippen molar-refractivity contribution in [1.82, 2.24) is 4.90 Å². The number of rotatable bonds is 3. The summed E-state index contributed by atoms with van der Waals surface area (Å²) in [5.74, 6) is 0.154. The van der Waals surface area contributed by atoms with E-state index in [0.717, 1.165) is 43.2 Å². The van der Waals surface area contributed by atoms with Crippen molar-refractivity contribution in [3.8, 4) is 0 Å². The molecule has 2 N–H and O–H groups in total. The number of aliphatic hydroxyl groups is 1. The van der Waals surface area contributed by atoms with Crippen LogP contribution in [0.5, 0.6) is 0 Å². The van der Waals surface area contributed by atoms with Crippen molar-refractivity contribution in [3.05, 3.63) is 29.3 Å². The fourth-order valence-corrected chi connectivity index (χ4v) is 3.80. The maximum Gasteiger partial charge on any atom is 0.322 e. The summed E-state index contributed by atoms with van der Waals surface area (Å²) >= 11 is 0. The summed E-state index contributed by atoms with van der Waals surface area (Å²) in [5, 5.41) is 12.6. The van der Waals surface area contributed by atoms with Crippen molar-refractivity contribution in [2.45, 2.75) is 51.0 Å². The summed E-state index contributed by atoms with van der Waals surface area (Å²) in [7, 11) is 0. The molecule has 2 aliphatic rings. The molecule has 23 heavy (non-hydrogen) atoms. The number of hydrogen-bond acceptors (Lipinski definition) is 3. The molecule has 1 aromatic rings. The van der Waals surface area contributed by atoms with E-state index in [1.807, 2.05) is 19.1 Å². The Labute approximate surface area is 136 Å². The van der Waals surface area contributed by atoms with Gasteiger partial charge in [0.25, 0.3) is 0 Å². The number of nitrogens with one attached hydrogen (secondary N) is 1. The molecule has 1 heterocycles. The third kappa shape index (κ3) is 2.85. The fourth-order valence-electron chi connectivity index (χ4n) is 3.80. The van der Waals surface area contributed by atoms with Crippen LogP contribution in [-0.4, -0.2) is 40.5 Å². The van der Waals surface area contributed by atoms with Gasteiger partial charge in [-0.25, -0.2) is 4.79 Å². The zero-order chi connectivity index (χ0) is 16.4. The second-order valence-corrected chi connectivity index (χ2v) is 6.57. The SMILES string of the molecule is CC[C@]1(CO)CCCN1C(=O)Nc1ccc2c(c1)C(=O)CCC2. The number of anilines is 1. The molecule has 1 saturated heterocycles. The van der Waals surface area contributed by atoms with Crippen molar-refractivity contribution in [3.63, 3.8) is 0 Å². The molecule has 1 aliphatic heterocycles. The summed E-state index contributed by atoms with van der Waals surface area (Å²) in [6.45, 7) is 2.64. The number of fused-ring (bicyclic) bond motifs is 1. The number of carbonyl (C=O) groups is 2. The van der Waals surface area contributed by atoms with Gasteiger partial charge in [0.1, 0.15) is 0 Å². The highest BCUT2D eigenvalue weighted by Crippen LogP contribution is 2.33. The summed E-state index contributed by atoms with van der Waals surface area (Å²) in [6.07, 6.45) is 4.88. The quantitative estimate of drug-likeness (QED) is 0.900. The van der Waals surface area contributed by atoms with Crippen molar-refractivity contribution < 1.29 is 14.7 Å². The number of likely N-dealkylation sites (tertiary alicyclic amines) is 1. The molecule has 124 valence electrons. The van der Waals surface area contributed by atoms with Gasteiger partial charge in [-0.2, -0.15) is 0 Å². The van der Waals surface area contributed by atoms with E-state index in [0.29, 0.717) is 18.7 Å². The third-order valence-electron chi connectivity index (χ3n) is 5.31. The number of aryl methyl sites for hydroxylation is 1. The number of aliphatic hydroxyl groups excluding tert-OH is 1. The first kappa shape index (κ1) is 16.0. The lowest BCUT2D eigenvalue weighted by Gasteiger charge is -2.36. The van der Waals surface area contributed by atoms with E-state index in [1.54, 1.807) is 11.0 Å². The van der Waals surface area contributed by atoms with Gasteiger partial charge in [0.2, 0.25) is 0 Å². The maximum absolute atomic E-state index is 12.6. The van der Waals surface area contributed by atoms with Gasteiger partial charge >= 0.3 is 6.03 Å². The number of benzene rings is 1. The maximum atomic E-state index is 12.6. The first-order valence-electron chi connectivity index (χ1n) is 8.45. The van der Waals surface area contributed by atoms with Gasteiger partial charge in [0.15, 0.2) is 5.78 Å². The molecule has 1 atom stereocenters. The summed E-state index contributed by atoms with van der Waals surface area (Å²) in [5.41, 5.74) is 2.01. The molecule has 0 saturated carbocycles. The van der Waals surface area contributed by atoms with Crippen LogP contribution in [0.1, 0.15) is 54.9 Å². The van der Waals surface area contributed by atoms with E-state index in [1.165, 1.54) is 0 Å². The minimum Gasteiger partial charge on any atom is -0.394 e. The minimum absolute atomic E-state index is 0.0143. The molecular weight excluding hydrogens is 292 g/mol. The Bertz CT molecular complexity index is 623. The monoisotopic (exact) mass is 316 g/mol. The Morgan fingerprint density at radius 3 is 2.91 bits per heavy atom. The highest BCUT2D eigenvalue weighted by molar-refractivity contribution is 6.00. The van der Waals surface area contributed by atoms with Gasteiger partial charge < -0.3 is 15.3 Å². The van der Waals surface area contributed by atoms with E-state index >= 15 is 0 Å². The zero-order valence-electron chi connectivity index (χ0n) is 13.6. The molecule has 0 radical (unpaired) electrons. The van der Waals surface area contributed by atoms with Crippen LogP contribution in [0.4, 0.5) is 10.5 Å². The molecule has 3 rings (SSSR count). The number of nitrogens with zero attached hydrogens (tertiary/aromatic N) is 1. The van der Waals surface area contributed by atoms with Gasteiger partial charge in [-0.05, 0) is 49.8 Å². The lowest BCUT2D eigenvalue weighted by atomic mass is 9.90. The Hall–Kier alpha value is -1.88. The second-order valence-electron chi connectivity index (χ2n) is 6.57. The number of carbonyl (C=O) groups excluding carboxylic acids is 2. The van der Waals surface area contributed by atoms with Crippen molar-refractivity contribution in [1.29, 1.82) is 0 Å². The van der Waals surface area contributed by atoms with Gasteiger partial charge in [0, 0.05) is 24.2 Å². The summed E-state index contributed by atoms with van der Waals surface area (Å²) in [4.78, 5) is 26.4. The standard InChI is InChI=1S/C18H24N2O3/c1-2-18(12-21)9-4-10-20(18)17(23)19-14-8-7-13-5-3-6-16(22)15(13)11-14/h7-8,11,21H,2-6,9-10,12H2,1H3,(H,19,23)/t18-/m1/s1. The van der Waals surface area contributed by atoms with Gasteiger partial charge in [-0.3, -0.25) is 4.79 Å². The molecule has 5 nitrogen and oxygen atoms in total. The molecule has 0 bridgehead atoms. The normalized spacial score (nSPS) is 23.7. The molecule has 0 aromatic heterocycles. The topological polar surface area (TPSA) is 69.6 Å². The third-order valence-corrected chi connectivity index (χ3v) is 5.31. The van der Waals surface area contributed by atoms with Crippen LogP contribution in [-0.2, 0) is 6.42 Å². The number of amides is 2. The Kier molecular flexibility index (Phi) is 4.39. The molecule has 2 amide bonds. The van der Waals surface area contributed by atoms with Crippen LogP contribution >= 0.6 is 0 Å². The summed E-state index contributed by atoms with van der Waals surface area (Å²) < 4.78 is 0.